The Labute approximate surface area is 164 Å². The van der Waals surface area contributed by atoms with Gasteiger partial charge in [0.05, 0.1) is 5.56 Å². The second kappa shape index (κ2) is 8.18. The third-order valence-electron chi connectivity index (χ3n) is 4.35. The summed E-state index contributed by atoms with van der Waals surface area (Å²) in [5.74, 6) is -2.94. The fourth-order valence-corrected chi connectivity index (χ4v) is 2.76. The number of benzene rings is 3. The van der Waals surface area contributed by atoms with Crippen molar-refractivity contribution in [2.75, 3.05) is 0 Å². The number of carbonyl (C=O) groups is 2. The molecule has 0 radical (unpaired) electrons. The minimum absolute atomic E-state index is 0.204. The first kappa shape index (κ1) is 20.1. The van der Waals surface area contributed by atoms with Gasteiger partial charge in [0.15, 0.2) is 0 Å². The summed E-state index contributed by atoms with van der Waals surface area (Å²) < 4.78 is 36.6. The van der Waals surface area contributed by atoms with Gasteiger partial charge in [-0.1, -0.05) is 60.7 Å². The Bertz CT molecular complexity index is 1010. The van der Waals surface area contributed by atoms with Crippen LogP contribution in [-0.2, 0) is 11.3 Å². The maximum Gasteiger partial charge on any atom is 0.471 e. The van der Waals surface area contributed by atoms with Gasteiger partial charge in [0.1, 0.15) is 0 Å². The number of nitrogens with one attached hydrogen (secondary N) is 1. The van der Waals surface area contributed by atoms with Gasteiger partial charge < -0.3 is 10.4 Å². The van der Waals surface area contributed by atoms with Crippen LogP contribution in [0.25, 0.3) is 22.3 Å². The normalized spacial score (nSPS) is 11.1. The van der Waals surface area contributed by atoms with Crippen molar-refractivity contribution in [1.82, 2.24) is 5.32 Å². The van der Waals surface area contributed by atoms with Crippen molar-refractivity contribution >= 4 is 11.9 Å². The van der Waals surface area contributed by atoms with E-state index in [4.69, 9.17) is 5.11 Å². The number of hydrogen-bond acceptors (Lipinski definition) is 2. The summed E-state index contributed by atoms with van der Waals surface area (Å²) in [5, 5.41) is 10.8. The number of hydrogen-bond donors (Lipinski definition) is 2. The number of aromatic carboxylic acids is 1. The molecule has 0 saturated carbocycles. The molecular weight excluding hydrogens is 383 g/mol. The monoisotopic (exact) mass is 399 g/mol. The van der Waals surface area contributed by atoms with E-state index in [9.17, 15) is 22.8 Å². The predicted molar refractivity (Wildman–Crippen MR) is 102 cm³/mol. The zero-order valence-electron chi connectivity index (χ0n) is 15.0. The van der Waals surface area contributed by atoms with Gasteiger partial charge >= 0.3 is 18.1 Å². The van der Waals surface area contributed by atoms with Gasteiger partial charge in [-0.3, -0.25) is 4.79 Å². The number of rotatable bonds is 5. The topological polar surface area (TPSA) is 66.4 Å². The fraction of sp³-hybridized carbons (Fsp3) is 0.0909. The molecule has 3 rings (SSSR count). The van der Waals surface area contributed by atoms with Gasteiger partial charge in [0, 0.05) is 6.54 Å². The lowest BCUT2D eigenvalue weighted by atomic mass is 9.99. The van der Waals surface area contributed by atoms with Crippen LogP contribution in [0.3, 0.4) is 0 Å². The van der Waals surface area contributed by atoms with Crippen molar-refractivity contribution < 1.29 is 27.9 Å². The molecule has 0 heterocycles. The molecule has 0 unspecified atom stereocenters. The first-order valence-electron chi connectivity index (χ1n) is 8.62. The van der Waals surface area contributed by atoms with Gasteiger partial charge in [-0.05, 0) is 39.9 Å². The number of carboxylic acid groups (broad SMARTS) is 1. The van der Waals surface area contributed by atoms with Crippen LogP contribution in [0.5, 0.6) is 0 Å². The van der Waals surface area contributed by atoms with Crippen LogP contribution >= 0.6 is 0 Å². The lowest BCUT2D eigenvalue weighted by molar-refractivity contribution is -0.173. The van der Waals surface area contributed by atoms with E-state index in [1.165, 1.54) is 0 Å². The van der Waals surface area contributed by atoms with Gasteiger partial charge in [0.25, 0.3) is 0 Å². The Hall–Kier alpha value is -3.61. The van der Waals surface area contributed by atoms with Crippen molar-refractivity contribution in [1.29, 1.82) is 0 Å². The maximum absolute atomic E-state index is 12.2. The summed E-state index contributed by atoms with van der Waals surface area (Å²) in [5.41, 5.74) is 4.39. The number of halogens is 3. The van der Waals surface area contributed by atoms with Crippen LogP contribution in [-0.4, -0.2) is 23.2 Å². The van der Waals surface area contributed by atoms with Crippen LogP contribution < -0.4 is 5.32 Å². The summed E-state index contributed by atoms with van der Waals surface area (Å²) in [6.07, 6.45) is -4.89. The zero-order chi connectivity index (χ0) is 21.0. The van der Waals surface area contributed by atoms with Crippen LogP contribution in [0.2, 0.25) is 0 Å². The van der Waals surface area contributed by atoms with E-state index >= 15 is 0 Å². The molecule has 2 N–H and O–H groups in total. The van der Waals surface area contributed by atoms with Gasteiger partial charge in [0.2, 0.25) is 0 Å². The smallest absolute Gasteiger partial charge is 0.471 e. The first-order chi connectivity index (χ1) is 13.7. The van der Waals surface area contributed by atoms with Gasteiger partial charge in [-0.25, -0.2) is 4.79 Å². The van der Waals surface area contributed by atoms with Crippen molar-refractivity contribution in [3.05, 3.63) is 83.9 Å². The number of carboxylic acids is 1. The van der Waals surface area contributed by atoms with E-state index < -0.39 is 18.1 Å². The molecule has 0 atom stereocenters. The molecule has 4 nitrogen and oxygen atoms in total. The highest BCUT2D eigenvalue weighted by atomic mass is 19.4. The van der Waals surface area contributed by atoms with Crippen molar-refractivity contribution in [3.63, 3.8) is 0 Å². The van der Waals surface area contributed by atoms with E-state index in [0.29, 0.717) is 5.56 Å². The summed E-state index contributed by atoms with van der Waals surface area (Å²) >= 11 is 0. The van der Waals surface area contributed by atoms with E-state index in [0.717, 1.165) is 22.3 Å². The summed E-state index contributed by atoms with van der Waals surface area (Å²) in [6, 6.07) is 21.0. The first-order valence-corrected chi connectivity index (χ1v) is 8.62. The molecule has 1 amide bonds. The largest absolute Gasteiger partial charge is 0.478 e. The maximum atomic E-state index is 12.2. The highest BCUT2D eigenvalue weighted by molar-refractivity contribution is 5.88. The molecule has 0 aliphatic heterocycles. The molecule has 0 aromatic heterocycles. The van der Waals surface area contributed by atoms with Crippen molar-refractivity contribution in [2.45, 2.75) is 12.7 Å². The molecule has 0 bridgehead atoms. The Morgan fingerprint density at radius 3 is 1.48 bits per heavy atom. The number of carbonyl (C=O) groups excluding carboxylic acids is 1. The molecule has 3 aromatic rings. The Kier molecular flexibility index (Phi) is 5.68. The Morgan fingerprint density at radius 2 is 1.10 bits per heavy atom. The van der Waals surface area contributed by atoms with E-state index in [1.54, 1.807) is 48.5 Å². The minimum Gasteiger partial charge on any atom is -0.478 e. The molecule has 0 aliphatic rings. The summed E-state index contributed by atoms with van der Waals surface area (Å²) in [7, 11) is 0. The van der Waals surface area contributed by atoms with Crippen molar-refractivity contribution in [3.8, 4) is 22.3 Å². The van der Waals surface area contributed by atoms with Crippen LogP contribution in [0.4, 0.5) is 13.2 Å². The molecule has 148 valence electrons. The Morgan fingerprint density at radius 1 is 0.724 bits per heavy atom. The summed E-state index contributed by atoms with van der Waals surface area (Å²) in [4.78, 5) is 21.8. The van der Waals surface area contributed by atoms with E-state index in [1.807, 2.05) is 29.6 Å². The standard InChI is InChI=1S/C22H16F3NO3/c23-22(24,25)21(29)26-13-14-1-3-15(4-2-14)16-5-7-17(8-6-16)18-9-11-19(12-10-18)20(27)28/h1-12H,13H2,(H,26,29)(H,27,28). The molecule has 3 aromatic carbocycles. The third kappa shape index (κ3) is 5.01. The third-order valence-corrected chi connectivity index (χ3v) is 4.35. The average Bonchev–Trinajstić information content (AvgIpc) is 2.72. The molecule has 7 heteroatoms. The lowest BCUT2D eigenvalue weighted by Crippen LogP contribution is -2.36. The predicted octanol–water partition coefficient (Wildman–Crippen LogP) is 4.90. The quantitative estimate of drug-likeness (QED) is 0.642. The fourth-order valence-electron chi connectivity index (χ4n) is 2.76. The molecule has 29 heavy (non-hydrogen) atoms. The highest BCUT2D eigenvalue weighted by Gasteiger charge is 2.38. The number of amides is 1. The molecule has 0 spiro atoms. The number of alkyl halides is 3. The zero-order valence-corrected chi connectivity index (χ0v) is 15.0. The SMILES string of the molecule is O=C(O)c1ccc(-c2ccc(-c3ccc(CNC(=O)C(F)(F)F)cc3)cc2)cc1. The molecule has 0 saturated heterocycles. The highest BCUT2D eigenvalue weighted by Crippen LogP contribution is 2.25. The van der Waals surface area contributed by atoms with Crippen molar-refractivity contribution in [2.24, 2.45) is 0 Å². The van der Waals surface area contributed by atoms with Crippen LogP contribution in [0.1, 0.15) is 15.9 Å². The minimum atomic E-state index is -4.89. The molecule has 0 aliphatic carbocycles. The van der Waals surface area contributed by atoms with Gasteiger partial charge in [-0.15, -0.1) is 0 Å². The summed E-state index contributed by atoms with van der Waals surface area (Å²) in [6.45, 7) is -0.204. The van der Waals surface area contributed by atoms with E-state index in [-0.39, 0.29) is 12.1 Å². The molecule has 0 fully saturated rings. The second-order valence-corrected chi connectivity index (χ2v) is 6.34. The van der Waals surface area contributed by atoms with Gasteiger partial charge in [-0.2, -0.15) is 13.2 Å². The lowest BCUT2D eigenvalue weighted by Gasteiger charge is -2.09. The van der Waals surface area contributed by atoms with Crippen LogP contribution in [0, 0.1) is 0 Å². The second-order valence-electron chi connectivity index (χ2n) is 6.34. The molecular formula is C22H16F3NO3. The van der Waals surface area contributed by atoms with Crippen LogP contribution in [0.15, 0.2) is 72.8 Å². The average molecular weight is 399 g/mol. The Balaban J connectivity index is 1.68. The van der Waals surface area contributed by atoms with E-state index in [2.05, 4.69) is 0 Å².